The van der Waals surface area contributed by atoms with Gasteiger partial charge in [-0.05, 0) is 13.8 Å². The van der Waals surface area contributed by atoms with Crippen molar-refractivity contribution in [1.29, 1.82) is 0 Å². The molecule has 0 aliphatic carbocycles. The zero-order valence-electron chi connectivity index (χ0n) is 10.4. The van der Waals surface area contributed by atoms with Crippen LogP contribution in [0.5, 0.6) is 0 Å². The largest absolute Gasteiger partial charge is 0.375 e. The van der Waals surface area contributed by atoms with Gasteiger partial charge in [0.2, 0.25) is 5.91 Å². The molecule has 18 heavy (non-hydrogen) atoms. The molecule has 102 valence electrons. The number of nitrogens with one attached hydrogen (secondary N) is 2. The number of amides is 1. The second kappa shape index (κ2) is 6.72. The molecule has 1 amide bonds. The van der Waals surface area contributed by atoms with E-state index in [-0.39, 0.29) is 30.5 Å². The molecule has 0 aromatic carbocycles. The molecule has 1 aliphatic heterocycles. The topological polar surface area (TPSA) is 76.4 Å². The van der Waals surface area contributed by atoms with Crippen molar-refractivity contribution in [3.8, 4) is 0 Å². The van der Waals surface area contributed by atoms with Crippen molar-refractivity contribution in [1.82, 2.24) is 15.8 Å². The lowest BCUT2D eigenvalue weighted by Gasteiger charge is -2.29. The summed E-state index contributed by atoms with van der Waals surface area (Å²) in [6.45, 7) is 5.42. The highest BCUT2D eigenvalue weighted by Gasteiger charge is 2.28. The van der Waals surface area contributed by atoms with Gasteiger partial charge in [-0.1, -0.05) is 5.16 Å². The molecular weight excluding hydrogens is 258 g/mol. The van der Waals surface area contributed by atoms with Crippen LogP contribution in [0.2, 0.25) is 0 Å². The van der Waals surface area contributed by atoms with Crippen molar-refractivity contribution in [3.05, 3.63) is 17.5 Å². The fourth-order valence-electron chi connectivity index (χ4n) is 1.81. The quantitative estimate of drug-likeness (QED) is 0.835. The van der Waals surface area contributed by atoms with Crippen molar-refractivity contribution in [2.45, 2.75) is 32.5 Å². The van der Waals surface area contributed by atoms with Crippen LogP contribution in [-0.4, -0.2) is 36.4 Å². The summed E-state index contributed by atoms with van der Waals surface area (Å²) in [5.41, 5.74) is 0.807. The van der Waals surface area contributed by atoms with E-state index >= 15 is 0 Å². The number of morpholine rings is 1. The molecule has 6 nitrogen and oxygen atoms in total. The minimum absolute atomic E-state index is 0. The van der Waals surface area contributed by atoms with Crippen LogP contribution in [-0.2, 0) is 16.1 Å². The van der Waals surface area contributed by atoms with E-state index in [1.54, 1.807) is 6.07 Å². The molecule has 0 saturated carbocycles. The molecule has 0 unspecified atom stereocenters. The zero-order chi connectivity index (χ0) is 12.3. The van der Waals surface area contributed by atoms with Crippen LogP contribution in [0.3, 0.4) is 0 Å². The summed E-state index contributed by atoms with van der Waals surface area (Å²) in [7, 11) is 0. The molecule has 0 spiro atoms. The summed E-state index contributed by atoms with van der Waals surface area (Å²) in [5.74, 6) is 0.575. The number of hydrogen-bond donors (Lipinski definition) is 2. The second-order valence-corrected chi connectivity index (χ2v) is 4.16. The van der Waals surface area contributed by atoms with Crippen molar-refractivity contribution in [2.75, 3.05) is 13.2 Å². The SMILES string of the molecule is Cc1cc(CNC(=O)[C@H]2NCCO[C@@H]2C)on1.Cl. The highest BCUT2D eigenvalue weighted by atomic mass is 35.5. The van der Waals surface area contributed by atoms with Crippen LogP contribution < -0.4 is 10.6 Å². The van der Waals surface area contributed by atoms with Gasteiger partial charge in [0.15, 0.2) is 5.76 Å². The van der Waals surface area contributed by atoms with E-state index in [0.717, 1.165) is 5.69 Å². The Bertz CT molecular complexity index is 397. The second-order valence-electron chi connectivity index (χ2n) is 4.16. The van der Waals surface area contributed by atoms with E-state index in [0.29, 0.717) is 25.5 Å². The Balaban J connectivity index is 0.00000162. The van der Waals surface area contributed by atoms with Crippen LogP contribution in [0.4, 0.5) is 0 Å². The normalized spacial score (nSPS) is 23.2. The number of aryl methyl sites for hydroxylation is 1. The van der Waals surface area contributed by atoms with E-state index in [1.165, 1.54) is 0 Å². The predicted octanol–water partition coefficient (Wildman–Crippen LogP) is 0.398. The fraction of sp³-hybridized carbons (Fsp3) is 0.636. The summed E-state index contributed by atoms with van der Waals surface area (Å²) in [4.78, 5) is 11.9. The first-order valence-corrected chi connectivity index (χ1v) is 5.71. The van der Waals surface area contributed by atoms with Crippen LogP contribution in [0.25, 0.3) is 0 Å². The standard InChI is InChI=1S/C11H17N3O3.ClH/c1-7-5-9(17-14-7)6-13-11(15)10-8(2)16-4-3-12-10;/h5,8,10,12H,3-4,6H2,1-2H3,(H,13,15);1H/t8-,10+;/m1./s1. The molecule has 2 atom stereocenters. The average molecular weight is 276 g/mol. The first-order chi connectivity index (χ1) is 8.16. The lowest BCUT2D eigenvalue weighted by atomic mass is 10.1. The highest BCUT2D eigenvalue weighted by Crippen LogP contribution is 2.05. The van der Waals surface area contributed by atoms with Crippen molar-refractivity contribution >= 4 is 18.3 Å². The summed E-state index contributed by atoms with van der Waals surface area (Å²) in [6, 6.07) is 1.50. The molecule has 2 rings (SSSR count). The molecule has 2 N–H and O–H groups in total. The molecule has 1 aromatic rings. The maximum atomic E-state index is 11.9. The number of halogens is 1. The number of carbonyl (C=O) groups is 1. The van der Waals surface area contributed by atoms with Crippen LogP contribution in [0.15, 0.2) is 10.6 Å². The third-order valence-electron chi connectivity index (χ3n) is 2.71. The molecule has 0 radical (unpaired) electrons. The van der Waals surface area contributed by atoms with Crippen LogP contribution in [0, 0.1) is 6.92 Å². The zero-order valence-corrected chi connectivity index (χ0v) is 11.3. The van der Waals surface area contributed by atoms with Gasteiger partial charge in [0.05, 0.1) is 24.9 Å². The Morgan fingerprint density at radius 2 is 2.44 bits per heavy atom. The van der Waals surface area contributed by atoms with Gasteiger partial charge >= 0.3 is 0 Å². The number of rotatable bonds is 3. The number of nitrogens with zero attached hydrogens (tertiary/aromatic N) is 1. The third kappa shape index (κ3) is 3.69. The Morgan fingerprint density at radius 1 is 1.67 bits per heavy atom. The number of hydrogen-bond acceptors (Lipinski definition) is 5. The molecule has 0 bridgehead atoms. The van der Waals surface area contributed by atoms with Gasteiger partial charge in [-0.2, -0.15) is 0 Å². The first-order valence-electron chi connectivity index (χ1n) is 5.71. The van der Waals surface area contributed by atoms with Gasteiger partial charge in [-0.25, -0.2) is 0 Å². The van der Waals surface area contributed by atoms with Gasteiger partial charge in [0, 0.05) is 12.6 Å². The first kappa shape index (κ1) is 14.9. The minimum atomic E-state index is -0.298. The van der Waals surface area contributed by atoms with E-state index in [9.17, 15) is 4.79 Å². The Labute approximate surface area is 112 Å². The van der Waals surface area contributed by atoms with E-state index in [1.807, 2.05) is 13.8 Å². The maximum Gasteiger partial charge on any atom is 0.240 e. The molecule has 2 heterocycles. The summed E-state index contributed by atoms with van der Waals surface area (Å²) in [5, 5.41) is 9.68. The van der Waals surface area contributed by atoms with Gasteiger partial charge in [0.25, 0.3) is 0 Å². The summed E-state index contributed by atoms with van der Waals surface area (Å²) < 4.78 is 10.4. The van der Waals surface area contributed by atoms with Gasteiger partial charge < -0.3 is 19.9 Å². The molecule has 1 aliphatic rings. The lowest BCUT2D eigenvalue weighted by Crippen LogP contribution is -2.55. The van der Waals surface area contributed by atoms with Gasteiger partial charge in [0.1, 0.15) is 6.04 Å². The predicted molar refractivity (Wildman–Crippen MR) is 67.5 cm³/mol. The molecule has 1 saturated heterocycles. The monoisotopic (exact) mass is 275 g/mol. The highest BCUT2D eigenvalue weighted by molar-refractivity contribution is 5.85. The maximum absolute atomic E-state index is 11.9. The molecule has 7 heteroatoms. The summed E-state index contributed by atoms with van der Waals surface area (Å²) in [6.07, 6.45) is -0.111. The number of aromatic nitrogens is 1. The Morgan fingerprint density at radius 3 is 3.06 bits per heavy atom. The number of carbonyl (C=O) groups excluding carboxylic acids is 1. The van der Waals surface area contributed by atoms with E-state index in [2.05, 4.69) is 15.8 Å². The van der Waals surface area contributed by atoms with Crippen molar-refractivity contribution in [3.63, 3.8) is 0 Å². The third-order valence-corrected chi connectivity index (χ3v) is 2.71. The molecule has 1 aromatic heterocycles. The smallest absolute Gasteiger partial charge is 0.240 e. The fourth-order valence-corrected chi connectivity index (χ4v) is 1.81. The Hall–Kier alpha value is -1.11. The summed E-state index contributed by atoms with van der Waals surface area (Å²) >= 11 is 0. The van der Waals surface area contributed by atoms with E-state index < -0.39 is 0 Å². The minimum Gasteiger partial charge on any atom is -0.375 e. The van der Waals surface area contributed by atoms with E-state index in [4.69, 9.17) is 9.26 Å². The average Bonchev–Trinajstić information content (AvgIpc) is 2.73. The molecule has 1 fully saturated rings. The van der Waals surface area contributed by atoms with Crippen LogP contribution in [0.1, 0.15) is 18.4 Å². The van der Waals surface area contributed by atoms with Crippen molar-refractivity contribution in [2.24, 2.45) is 0 Å². The Kier molecular flexibility index (Phi) is 5.58. The van der Waals surface area contributed by atoms with Crippen molar-refractivity contribution < 1.29 is 14.1 Å². The lowest BCUT2D eigenvalue weighted by molar-refractivity contribution is -0.129. The van der Waals surface area contributed by atoms with Crippen LogP contribution >= 0.6 is 12.4 Å². The molecular formula is C11H18ClN3O3. The number of ether oxygens (including phenoxy) is 1. The van der Waals surface area contributed by atoms with Gasteiger partial charge in [-0.15, -0.1) is 12.4 Å². The van der Waals surface area contributed by atoms with Gasteiger partial charge in [-0.3, -0.25) is 4.79 Å².